The summed E-state index contributed by atoms with van der Waals surface area (Å²) in [5, 5.41) is 0. The molecule has 1 fully saturated rings. The van der Waals surface area contributed by atoms with Gasteiger partial charge >= 0.3 is 0 Å². The number of thiocarbonyl (C=S) groups is 1. The maximum absolute atomic E-state index is 13.4. The number of fused-ring (bicyclic) bond motifs is 1. The number of pyridine rings is 1. The van der Waals surface area contributed by atoms with Crippen molar-refractivity contribution in [3.63, 3.8) is 0 Å². The van der Waals surface area contributed by atoms with E-state index in [1.54, 1.807) is 29.3 Å². The normalized spacial score (nSPS) is 14.9. The molecule has 8 heteroatoms. The molecule has 3 heterocycles. The topological polar surface area (TPSA) is 63.9 Å². The van der Waals surface area contributed by atoms with Gasteiger partial charge in [0.25, 0.3) is 11.5 Å². The number of aryl methyl sites for hydroxylation is 1. The van der Waals surface area contributed by atoms with Crippen LogP contribution in [0.3, 0.4) is 0 Å². The molecule has 0 bridgehead atoms. The van der Waals surface area contributed by atoms with Gasteiger partial charge in [0.15, 0.2) is 0 Å². The van der Waals surface area contributed by atoms with Crippen LogP contribution in [0.15, 0.2) is 58.4 Å². The van der Waals surface area contributed by atoms with Crippen molar-refractivity contribution in [1.82, 2.24) is 14.3 Å². The summed E-state index contributed by atoms with van der Waals surface area (Å²) in [6.07, 6.45) is 9.64. The summed E-state index contributed by atoms with van der Waals surface area (Å²) in [6.45, 7) is 4.85. The molecule has 0 atom stereocenters. The number of unbranched alkanes of at least 4 members (excludes halogenated alkanes) is 4. The first-order valence-corrected chi connectivity index (χ1v) is 13.3. The number of aromatic nitrogens is 2. The number of amides is 1. The van der Waals surface area contributed by atoms with Crippen LogP contribution in [-0.4, -0.2) is 31.1 Å². The molecule has 2 aromatic heterocycles. The Balaban J connectivity index is 1.66. The number of hydrogen-bond donors (Lipinski definition) is 0. The van der Waals surface area contributed by atoms with Crippen molar-refractivity contribution in [3.8, 4) is 11.6 Å². The van der Waals surface area contributed by atoms with E-state index in [2.05, 4.69) is 18.8 Å². The van der Waals surface area contributed by atoms with Gasteiger partial charge in [0, 0.05) is 12.7 Å². The molecule has 0 radical (unpaired) electrons. The van der Waals surface area contributed by atoms with Crippen molar-refractivity contribution in [3.05, 3.63) is 75.0 Å². The molecule has 4 rings (SSSR count). The molecule has 0 saturated carbocycles. The Hall–Kier alpha value is -2.97. The monoisotopic (exact) mass is 507 g/mol. The van der Waals surface area contributed by atoms with Gasteiger partial charge in [-0.2, -0.15) is 4.98 Å². The average molecular weight is 508 g/mol. The third kappa shape index (κ3) is 5.82. The zero-order valence-corrected chi connectivity index (χ0v) is 21.7. The van der Waals surface area contributed by atoms with Crippen LogP contribution >= 0.6 is 24.0 Å². The van der Waals surface area contributed by atoms with Crippen LogP contribution in [0.25, 0.3) is 11.7 Å². The van der Waals surface area contributed by atoms with Crippen LogP contribution in [0.1, 0.15) is 57.1 Å². The SMILES string of the molecule is CCCCCCCN1C(=O)/C(=C\c2c(Oc3ccc(CC)cc3)nc3ccccn3c2=O)SC1=S. The molecule has 1 aliphatic heterocycles. The predicted molar refractivity (Wildman–Crippen MR) is 146 cm³/mol. The summed E-state index contributed by atoms with van der Waals surface area (Å²) in [7, 11) is 0. The van der Waals surface area contributed by atoms with E-state index >= 15 is 0 Å². The molecule has 1 amide bonds. The van der Waals surface area contributed by atoms with Crippen molar-refractivity contribution in [1.29, 1.82) is 0 Å². The molecule has 1 aromatic carbocycles. The number of rotatable bonds is 10. The highest BCUT2D eigenvalue weighted by Crippen LogP contribution is 2.34. The fourth-order valence-corrected chi connectivity index (χ4v) is 5.18. The third-order valence-corrected chi connectivity index (χ3v) is 7.29. The lowest BCUT2D eigenvalue weighted by molar-refractivity contribution is -0.122. The molecule has 1 saturated heterocycles. The number of nitrogens with zero attached hydrogens (tertiary/aromatic N) is 3. The van der Waals surface area contributed by atoms with Crippen molar-refractivity contribution >= 4 is 45.9 Å². The van der Waals surface area contributed by atoms with Gasteiger partial charge in [-0.15, -0.1) is 0 Å². The first-order chi connectivity index (χ1) is 17.0. The molecule has 3 aromatic rings. The van der Waals surface area contributed by atoms with Gasteiger partial charge in [0.05, 0.1) is 4.91 Å². The molecule has 0 N–H and O–H groups in total. The Bertz CT molecular complexity index is 1320. The highest BCUT2D eigenvalue weighted by molar-refractivity contribution is 8.26. The largest absolute Gasteiger partial charge is 0.438 e. The summed E-state index contributed by atoms with van der Waals surface area (Å²) < 4.78 is 8.03. The number of benzene rings is 1. The highest BCUT2D eigenvalue weighted by Gasteiger charge is 2.32. The van der Waals surface area contributed by atoms with Gasteiger partial charge in [-0.3, -0.25) is 18.9 Å². The second-order valence-electron chi connectivity index (χ2n) is 8.41. The molecule has 0 unspecified atom stereocenters. The maximum Gasteiger partial charge on any atom is 0.269 e. The quantitative estimate of drug-likeness (QED) is 0.184. The van der Waals surface area contributed by atoms with E-state index in [-0.39, 0.29) is 22.9 Å². The van der Waals surface area contributed by atoms with Crippen LogP contribution in [0.2, 0.25) is 0 Å². The number of hydrogen-bond acceptors (Lipinski definition) is 6. The molecule has 182 valence electrons. The first-order valence-electron chi connectivity index (χ1n) is 12.1. The Morgan fingerprint density at radius 1 is 1.03 bits per heavy atom. The molecule has 0 spiro atoms. The van der Waals surface area contributed by atoms with Crippen LogP contribution in [0.5, 0.6) is 11.6 Å². The van der Waals surface area contributed by atoms with Gasteiger partial charge in [-0.1, -0.05) is 81.7 Å². The Morgan fingerprint density at radius 3 is 2.54 bits per heavy atom. The van der Waals surface area contributed by atoms with Crippen LogP contribution in [0, 0.1) is 0 Å². The zero-order valence-electron chi connectivity index (χ0n) is 20.0. The van der Waals surface area contributed by atoms with Crippen LogP contribution < -0.4 is 10.3 Å². The second-order valence-corrected chi connectivity index (χ2v) is 10.1. The van der Waals surface area contributed by atoms with Gasteiger partial charge in [0.1, 0.15) is 21.3 Å². The molecule has 0 aliphatic carbocycles. The standard InChI is InChI=1S/C27H29N3O3S2/c1-3-5-6-7-9-17-30-26(32)22(35-27(30)34)18-21-24(33-20-14-12-19(4-2)13-15-20)28-23-11-8-10-16-29(23)25(21)31/h8,10-16,18H,3-7,9,17H2,1-2H3/b22-18+. The second kappa shape index (κ2) is 11.6. The minimum absolute atomic E-state index is 0.162. The fourth-order valence-electron chi connectivity index (χ4n) is 3.89. The van der Waals surface area contributed by atoms with Crippen molar-refractivity contribution in [2.45, 2.75) is 52.4 Å². The van der Waals surface area contributed by atoms with E-state index in [4.69, 9.17) is 17.0 Å². The summed E-state index contributed by atoms with van der Waals surface area (Å²) >= 11 is 6.70. The van der Waals surface area contributed by atoms with E-state index in [0.717, 1.165) is 25.7 Å². The van der Waals surface area contributed by atoms with Gasteiger partial charge in [-0.05, 0) is 48.7 Å². The molecular weight excluding hydrogens is 478 g/mol. The zero-order chi connectivity index (χ0) is 24.8. The molecule has 35 heavy (non-hydrogen) atoms. The third-order valence-electron chi connectivity index (χ3n) is 5.91. The van der Waals surface area contributed by atoms with E-state index < -0.39 is 0 Å². The molecular formula is C27H29N3O3S2. The highest BCUT2D eigenvalue weighted by atomic mass is 32.2. The van der Waals surface area contributed by atoms with Gasteiger partial charge < -0.3 is 4.74 Å². The number of carbonyl (C=O) groups excluding carboxylic acids is 1. The van der Waals surface area contributed by atoms with Gasteiger partial charge in [-0.25, -0.2) is 0 Å². The lowest BCUT2D eigenvalue weighted by Crippen LogP contribution is -2.29. The maximum atomic E-state index is 13.4. The summed E-state index contributed by atoms with van der Waals surface area (Å²) in [5.41, 5.74) is 1.56. The summed E-state index contributed by atoms with van der Waals surface area (Å²) in [6, 6.07) is 13.0. The number of ether oxygens (including phenoxy) is 1. The van der Waals surface area contributed by atoms with Crippen molar-refractivity contribution in [2.75, 3.05) is 6.54 Å². The lowest BCUT2D eigenvalue weighted by Gasteiger charge is -2.14. The predicted octanol–water partition coefficient (Wildman–Crippen LogP) is 6.22. The molecule has 6 nitrogen and oxygen atoms in total. The Labute approximate surface area is 215 Å². The van der Waals surface area contributed by atoms with Crippen molar-refractivity contribution in [2.24, 2.45) is 0 Å². The number of thioether (sulfide) groups is 1. The summed E-state index contributed by atoms with van der Waals surface area (Å²) in [4.78, 5) is 33.2. The van der Waals surface area contributed by atoms with E-state index in [9.17, 15) is 9.59 Å². The smallest absolute Gasteiger partial charge is 0.269 e. The number of carbonyl (C=O) groups is 1. The first kappa shape index (κ1) is 25.1. The van der Waals surface area contributed by atoms with E-state index in [1.165, 1.54) is 34.6 Å². The minimum atomic E-state index is -0.305. The van der Waals surface area contributed by atoms with Crippen LogP contribution in [0.4, 0.5) is 0 Å². The van der Waals surface area contributed by atoms with E-state index in [0.29, 0.717) is 27.2 Å². The van der Waals surface area contributed by atoms with E-state index in [1.807, 2.05) is 30.3 Å². The average Bonchev–Trinajstić information content (AvgIpc) is 3.14. The van der Waals surface area contributed by atoms with Gasteiger partial charge in [0.2, 0.25) is 5.88 Å². The minimum Gasteiger partial charge on any atom is -0.438 e. The van der Waals surface area contributed by atoms with Crippen LogP contribution in [-0.2, 0) is 11.2 Å². The Kier molecular flexibility index (Phi) is 8.36. The van der Waals surface area contributed by atoms with Crippen molar-refractivity contribution < 1.29 is 9.53 Å². The Morgan fingerprint density at radius 2 is 1.80 bits per heavy atom. The molecule has 1 aliphatic rings. The summed E-state index contributed by atoms with van der Waals surface area (Å²) in [5.74, 6) is 0.560. The lowest BCUT2D eigenvalue weighted by atomic mass is 10.1. The fraction of sp³-hybridized carbons (Fsp3) is 0.333.